The Hall–Kier alpha value is -2.50. The zero-order valence-electron chi connectivity index (χ0n) is 13.0. The lowest BCUT2D eigenvalue weighted by atomic mass is 9.99. The molecule has 0 radical (unpaired) electrons. The molecule has 1 aromatic carbocycles. The number of carbonyl (C=O) groups is 2. The molecule has 0 unspecified atom stereocenters. The van der Waals surface area contributed by atoms with Crippen LogP contribution < -0.4 is 0 Å². The lowest BCUT2D eigenvalue weighted by Gasteiger charge is -2.30. The molecule has 2 aliphatic heterocycles. The first-order chi connectivity index (χ1) is 11.1. The first-order valence-corrected chi connectivity index (χ1v) is 7.66. The summed E-state index contributed by atoms with van der Waals surface area (Å²) in [5, 5.41) is 0. The third-order valence-electron chi connectivity index (χ3n) is 3.92. The minimum Gasteiger partial charge on any atom is -0.493 e. The molecular formula is C17H19NO5. The molecule has 1 aromatic rings. The van der Waals surface area contributed by atoms with E-state index < -0.39 is 12.1 Å². The summed E-state index contributed by atoms with van der Waals surface area (Å²) in [6.07, 6.45) is 1.17. The molecule has 0 aliphatic carbocycles. The Morgan fingerprint density at radius 1 is 1.22 bits per heavy atom. The molecule has 6 nitrogen and oxygen atoms in total. The van der Waals surface area contributed by atoms with Crippen molar-refractivity contribution in [1.29, 1.82) is 0 Å². The summed E-state index contributed by atoms with van der Waals surface area (Å²) in [4.78, 5) is 26.1. The molecule has 0 spiro atoms. The third kappa shape index (κ3) is 3.47. The van der Waals surface area contributed by atoms with E-state index in [-0.39, 0.29) is 11.7 Å². The fourth-order valence-electron chi connectivity index (χ4n) is 2.69. The van der Waals surface area contributed by atoms with Gasteiger partial charge in [0.05, 0.1) is 0 Å². The highest BCUT2D eigenvalue weighted by Crippen LogP contribution is 2.19. The van der Waals surface area contributed by atoms with Crippen molar-refractivity contribution in [3.63, 3.8) is 0 Å². The van der Waals surface area contributed by atoms with Crippen LogP contribution in [0, 0.1) is 0 Å². The van der Waals surface area contributed by atoms with Crippen LogP contribution in [0.1, 0.15) is 18.1 Å². The monoisotopic (exact) mass is 317 g/mol. The fourth-order valence-corrected chi connectivity index (χ4v) is 2.69. The zero-order chi connectivity index (χ0) is 16.2. The summed E-state index contributed by atoms with van der Waals surface area (Å²) in [5.74, 6) is -0.881. The van der Waals surface area contributed by atoms with E-state index in [9.17, 15) is 9.59 Å². The second-order valence-corrected chi connectivity index (χ2v) is 5.53. The molecule has 6 heteroatoms. The van der Waals surface area contributed by atoms with Crippen LogP contribution in [0.15, 0.2) is 36.3 Å². The molecule has 2 aliphatic rings. The lowest BCUT2D eigenvalue weighted by molar-refractivity contribution is -0.160. The van der Waals surface area contributed by atoms with E-state index in [0.29, 0.717) is 26.3 Å². The minimum absolute atomic E-state index is 0.000102. The van der Waals surface area contributed by atoms with Crippen molar-refractivity contribution < 1.29 is 23.8 Å². The van der Waals surface area contributed by atoms with Gasteiger partial charge < -0.3 is 19.1 Å². The van der Waals surface area contributed by atoms with E-state index in [1.165, 1.54) is 11.8 Å². The number of carbonyl (C=O) groups excluding carboxylic acids is 2. The van der Waals surface area contributed by atoms with Crippen LogP contribution in [-0.4, -0.2) is 42.6 Å². The van der Waals surface area contributed by atoms with Crippen molar-refractivity contribution in [2.75, 3.05) is 19.8 Å². The Bertz CT molecular complexity index is 640. The number of rotatable bonds is 3. The smallest absolute Gasteiger partial charge is 0.377 e. The maximum Gasteiger partial charge on any atom is 0.377 e. The number of hydrogen-bond acceptors (Lipinski definition) is 5. The predicted octanol–water partition coefficient (Wildman–Crippen LogP) is 1.39. The Labute approximate surface area is 134 Å². The summed E-state index contributed by atoms with van der Waals surface area (Å²) in [7, 11) is 0. The van der Waals surface area contributed by atoms with Gasteiger partial charge in [-0.15, -0.1) is 0 Å². The number of amides is 1. The summed E-state index contributed by atoms with van der Waals surface area (Å²) in [5.41, 5.74) is 2.40. The number of fused-ring (bicyclic) bond motifs is 1. The Balaban J connectivity index is 1.60. The molecule has 0 saturated heterocycles. The number of ether oxygens (including phenoxy) is 3. The molecule has 3 rings (SSSR count). The molecule has 2 heterocycles. The van der Waals surface area contributed by atoms with E-state index in [1.807, 2.05) is 18.2 Å². The highest BCUT2D eigenvalue weighted by Gasteiger charge is 2.28. The van der Waals surface area contributed by atoms with E-state index >= 15 is 0 Å². The van der Waals surface area contributed by atoms with Crippen LogP contribution in [0.3, 0.4) is 0 Å². The van der Waals surface area contributed by atoms with Crippen LogP contribution >= 0.6 is 0 Å². The van der Waals surface area contributed by atoms with E-state index in [0.717, 1.165) is 12.0 Å². The second kappa shape index (κ2) is 6.73. The van der Waals surface area contributed by atoms with Crippen molar-refractivity contribution >= 4 is 11.9 Å². The Morgan fingerprint density at radius 2 is 2.00 bits per heavy atom. The summed E-state index contributed by atoms with van der Waals surface area (Å²) in [6.45, 7) is 3.44. The average Bonchev–Trinajstić information content (AvgIpc) is 2.61. The quantitative estimate of drug-likeness (QED) is 0.788. The summed E-state index contributed by atoms with van der Waals surface area (Å²) < 4.78 is 15.4. The normalized spacial score (nSPS) is 18.0. The highest BCUT2D eigenvalue weighted by atomic mass is 16.6. The SMILES string of the molecule is C[C@H](OC(=O)C1=COCCO1)C(=O)N1CCc2ccccc2C1. The van der Waals surface area contributed by atoms with Crippen molar-refractivity contribution in [2.45, 2.75) is 26.0 Å². The molecule has 0 fully saturated rings. The first-order valence-electron chi connectivity index (χ1n) is 7.66. The highest BCUT2D eigenvalue weighted by molar-refractivity contribution is 5.90. The third-order valence-corrected chi connectivity index (χ3v) is 3.92. The van der Waals surface area contributed by atoms with E-state index in [1.54, 1.807) is 11.8 Å². The molecule has 1 atom stereocenters. The first kappa shape index (κ1) is 15.4. The van der Waals surface area contributed by atoms with Gasteiger partial charge in [-0.1, -0.05) is 24.3 Å². The van der Waals surface area contributed by atoms with Gasteiger partial charge in [-0.05, 0) is 24.5 Å². The molecule has 122 valence electrons. The topological polar surface area (TPSA) is 65.1 Å². The van der Waals surface area contributed by atoms with Gasteiger partial charge in [0, 0.05) is 13.1 Å². The fraction of sp³-hybridized carbons (Fsp3) is 0.412. The minimum atomic E-state index is -0.862. The molecule has 0 saturated carbocycles. The molecular weight excluding hydrogens is 298 g/mol. The Kier molecular flexibility index (Phi) is 4.50. The van der Waals surface area contributed by atoms with Crippen LogP contribution in [0.2, 0.25) is 0 Å². The van der Waals surface area contributed by atoms with Gasteiger partial charge in [0.2, 0.25) is 5.76 Å². The Morgan fingerprint density at radius 3 is 2.74 bits per heavy atom. The van der Waals surface area contributed by atoms with Gasteiger partial charge in [0.25, 0.3) is 5.91 Å². The summed E-state index contributed by atoms with van der Waals surface area (Å²) >= 11 is 0. The number of benzene rings is 1. The van der Waals surface area contributed by atoms with Crippen molar-refractivity contribution in [3.05, 3.63) is 47.4 Å². The average molecular weight is 317 g/mol. The molecule has 0 bridgehead atoms. The number of nitrogens with zero attached hydrogens (tertiary/aromatic N) is 1. The number of esters is 1. The second-order valence-electron chi connectivity index (χ2n) is 5.53. The van der Waals surface area contributed by atoms with Crippen LogP contribution in [-0.2, 0) is 36.8 Å². The molecule has 23 heavy (non-hydrogen) atoms. The van der Waals surface area contributed by atoms with Crippen LogP contribution in [0.4, 0.5) is 0 Å². The van der Waals surface area contributed by atoms with E-state index in [4.69, 9.17) is 14.2 Å². The van der Waals surface area contributed by atoms with Crippen LogP contribution in [0.25, 0.3) is 0 Å². The predicted molar refractivity (Wildman–Crippen MR) is 81.1 cm³/mol. The molecule has 0 N–H and O–H groups in total. The molecule has 0 aromatic heterocycles. The van der Waals surface area contributed by atoms with Crippen molar-refractivity contribution in [3.8, 4) is 0 Å². The zero-order valence-corrected chi connectivity index (χ0v) is 13.0. The van der Waals surface area contributed by atoms with E-state index in [2.05, 4.69) is 6.07 Å². The van der Waals surface area contributed by atoms with Crippen molar-refractivity contribution in [2.24, 2.45) is 0 Å². The molecule has 1 amide bonds. The largest absolute Gasteiger partial charge is 0.493 e. The van der Waals surface area contributed by atoms with Gasteiger partial charge in [-0.3, -0.25) is 4.79 Å². The van der Waals surface area contributed by atoms with Crippen molar-refractivity contribution in [1.82, 2.24) is 4.90 Å². The van der Waals surface area contributed by atoms with Gasteiger partial charge in [0.1, 0.15) is 19.5 Å². The van der Waals surface area contributed by atoms with Gasteiger partial charge in [0.15, 0.2) is 6.10 Å². The van der Waals surface area contributed by atoms with Gasteiger partial charge in [-0.25, -0.2) is 4.79 Å². The maximum atomic E-state index is 12.5. The maximum absolute atomic E-state index is 12.5. The van der Waals surface area contributed by atoms with Gasteiger partial charge in [-0.2, -0.15) is 0 Å². The number of hydrogen-bond donors (Lipinski definition) is 0. The lowest BCUT2D eigenvalue weighted by Crippen LogP contribution is -2.42. The standard InChI is InChI=1S/C17H19NO5/c1-12(23-17(20)15-11-21-8-9-22-15)16(19)18-7-6-13-4-2-3-5-14(13)10-18/h2-5,11-12H,6-10H2,1H3/t12-/m0/s1. The van der Waals surface area contributed by atoms with Crippen LogP contribution in [0.5, 0.6) is 0 Å². The van der Waals surface area contributed by atoms with Gasteiger partial charge >= 0.3 is 5.97 Å². The summed E-state index contributed by atoms with van der Waals surface area (Å²) in [6, 6.07) is 8.06.